The predicted molar refractivity (Wildman–Crippen MR) is 83.7 cm³/mol. The van der Waals surface area contributed by atoms with Crippen LogP contribution in [0.2, 0.25) is 0 Å². The van der Waals surface area contributed by atoms with E-state index >= 15 is 0 Å². The number of fused-ring (bicyclic) bond motifs is 1. The number of aromatic nitrogens is 2. The molecule has 1 aliphatic heterocycles. The molecule has 0 spiro atoms. The smallest absolute Gasteiger partial charge is 0.225 e. The summed E-state index contributed by atoms with van der Waals surface area (Å²) in [5.41, 5.74) is 7.94. The lowest BCUT2D eigenvalue weighted by Gasteiger charge is -2.11. The molecule has 110 valence electrons. The summed E-state index contributed by atoms with van der Waals surface area (Å²) in [6.45, 7) is 1.31. The number of nitrogens with two attached hydrogens (primary N) is 1. The maximum atomic E-state index is 5.70. The van der Waals surface area contributed by atoms with E-state index in [9.17, 15) is 0 Å². The molecule has 6 nitrogen and oxygen atoms in total. The fourth-order valence-electron chi connectivity index (χ4n) is 2.30. The van der Waals surface area contributed by atoms with Gasteiger partial charge in [0.25, 0.3) is 0 Å². The van der Waals surface area contributed by atoms with Gasteiger partial charge in [-0.1, -0.05) is 15.9 Å². The Morgan fingerprint density at radius 1 is 1.38 bits per heavy atom. The summed E-state index contributed by atoms with van der Waals surface area (Å²) in [7, 11) is 1.54. The number of nitrogens with one attached hydrogen (secondary N) is 1. The molecule has 21 heavy (non-hydrogen) atoms. The molecule has 0 atom stereocenters. The van der Waals surface area contributed by atoms with Gasteiger partial charge >= 0.3 is 0 Å². The Morgan fingerprint density at radius 3 is 3.05 bits per heavy atom. The van der Waals surface area contributed by atoms with Crippen LogP contribution in [0, 0.1) is 0 Å². The minimum atomic E-state index is 0.174. The predicted octanol–water partition coefficient (Wildman–Crippen LogP) is 2.38. The Morgan fingerprint density at radius 2 is 2.24 bits per heavy atom. The molecule has 0 radical (unpaired) electrons. The molecule has 0 amide bonds. The maximum absolute atomic E-state index is 5.70. The topological polar surface area (TPSA) is 82.3 Å². The van der Waals surface area contributed by atoms with Crippen LogP contribution < -0.4 is 20.5 Å². The first-order valence-electron chi connectivity index (χ1n) is 6.52. The average molecular weight is 351 g/mol. The van der Waals surface area contributed by atoms with E-state index in [1.165, 1.54) is 5.56 Å². The van der Waals surface area contributed by atoms with E-state index in [2.05, 4.69) is 37.3 Å². The molecule has 2 heterocycles. The zero-order valence-corrected chi connectivity index (χ0v) is 13.1. The molecule has 0 aliphatic carbocycles. The molecule has 0 saturated heterocycles. The Labute approximate surface area is 130 Å². The Balaban J connectivity index is 1.81. The van der Waals surface area contributed by atoms with E-state index in [1.807, 2.05) is 6.07 Å². The second-order valence-electron chi connectivity index (χ2n) is 4.66. The van der Waals surface area contributed by atoms with Gasteiger partial charge in [-0.25, -0.2) is 0 Å². The number of rotatable bonds is 4. The molecule has 0 bridgehead atoms. The van der Waals surface area contributed by atoms with Gasteiger partial charge in [-0.3, -0.25) is 0 Å². The van der Waals surface area contributed by atoms with Crippen LogP contribution in [0.1, 0.15) is 11.1 Å². The van der Waals surface area contributed by atoms with Crippen molar-refractivity contribution in [2.75, 3.05) is 24.8 Å². The number of hydrogen-bond acceptors (Lipinski definition) is 6. The van der Waals surface area contributed by atoms with Crippen molar-refractivity contribution >= 4 is 27.7 Å². The van der Waals surface area contributed by atoms with Crippen LogP contribution in [-0.4, -0.2) is 23.7 Å². The minimum absolute atomic E-state index is 0.174. The van der Waals surface area contributed by atoms with Crippen LogP contribution in [0.3, 0.4) is 0 Å². The molecule has 0 saturated carbocycles. The number of hydrogen-bond donors (Lipinski definition) is 2. The molecule has 0 unspecified atom stereocenters. The molecular formula is C14H15BrN4O2. The van der Waals surface area contributed by atoms with E-state index in [0.717, 1.165) is 28.8 Å². The third-order valence-corrected chi connectivity index (χ3v) is 3.67. The zero-order chi connectivity index (χ0) is 14.8. The van der Waals surface area contributed by atoms with Crippen LogP contribution in [0.4, 0.5) is 11.8 Å². The molecule has 2 aromatic rings. The van der Waals surface area contributed by atoms with E-state index in [1.54, 1.807) is 13.2 Å². The number of ether oxygens (including phenoxy) is 2. The van der Waals surface area contributed by atoms with Crippen LogP contribution in [0.15, 0.2) is 22.7 Å². The van der Waals surface area contributed by atoms with Crippen LogP contribution >= 0.6 is 15.9 Å². The Hall–Kier alpha value is -2.02. The summed E-state index contributed by atoms with van der Waals surface area (Å²) >= 11 is 3.53. The molecule has 1 aromatic heterocycles. The van der Waals surface area contributed by atoms with Crippen molar-refractivity contribution < 1.29 is 9.47 Å². The molecule has 3 rings (SSSR count). The Kier molecular flexibility index (Phi) is 3.83. The molecule has 3 N–H and O–H groups in total. The van der Waals surface area contributed by atoms with Crippen molar-refractivity contribution in [2.24, 2.45) is 0 Å². The van der Waals surface area contributed by atoms with Crippen LogP contribution in [0.5, 0.6) is 11.6 Å². The van der Waals surface area contributed by atoms with Gasteiger partial charge in [0.2, 0.25) is 11.8 Å². The van der Waals surface area contributed by atoms with Crippen molar-refractivity contribution in [3.8, 4) is 11.6 Å². The first kappa shape index (κ1) is 13.9. The monoisotopic (exact) mass is 350 g/mol. The van der Waals surface area contributed by atoms with Crippen molar-refractivity contribution in [1.82, 2.24) is 9.97 Å². The third kappa shape index (κ3) is 3.02. The van der Waals surface area contributed by atoms with Gasteiger partial charge in [-0.15, -0.1) is 0 Å². The normalized spacial score (nSPS) is 12.7. The first-order chi connectivity index (χ1) is 10.2. The molecule has 1 aliphatic rings. The standard InChI is InChI=1S/C14H15BrN4O2/c1-20-12-6-11(18-14(16)19-12)17-7-9-5-10(15)4-8-2-3-21-13(8)9/h4-6H,2-3,7H2,1H3,(H3,16,17,18,19). The Bertz CT molecular complexity index is 678. The lowest BCUT2D eigenvalue weighted by Crippen LogP contribution is -2.06. The second-order valence-corrected chi connectivity index (χ2v) is 5.57. The van der Waals surface area contributed by atoms with Crippen molar-refractivity contribution in [3.05, 3.63) is 33.8 Å². The molecule has 1 aromatic carbocycles. The summed E-state index contributed by atoms with van der Waals surface area (Å²) in [5, 5.41) is 3.22. The molecule has 7 heteroatoms. The average Bonchev–Trinajstić information content (AvgIpc) is 2.92. The lowest BCUT2D eigenvalue weighted by molar-refractivity contribution is 0.354. The lowest BCUT2D eigenvalue weighted by atomic mass is 10.1. The number of anilines is 2. The summed E-state index contributed by atoms with van der Waals surface area (Å²) in [6, 6.07) is 5.84. The summed E-state index contributed by atoms with van der Waals surface area (Å²) < 4.78 is 11.8. The van der Waals surface area contributed by atoms with Crippen LogP contribution in [0.25, 0.3) is 0 Å². The van der Waals surface area contributed by atoms with Gasteiger partial charge in [0.1, 0.15) is 11.6 Å². The van der Waals surface area contributed by atoms with Crippen molar-refractivity contribution in [1.29, 1.82) is 0 Å². The van der Waals surface area contributed by atoms with E-state index in [-0.39, 0.29) is 5.95 Å². The number of nitrogens with zero attached hydrogens (tertiary/aromatic N) is 2. The van der Waals surface area contributed by atoms with Gasteiger partial charge in [0.05, 0.1) is 13.7 Å². The van der Waals surface area contributed by atoms with Gasteiger partial charge in [0, 0.05) is 29.1 Å². The quantitative estimate of drug-likeness (QED) is 0.880. The summed E-state index contributed by atoms with van der Waals surface area (Å²) in [4.78, 5) is 8.09. The number of benzene rings is 1. The molecule has 0 fully saturated rings. The highest BCUT2D eigenvalue weighted by Gasteiger charge is 2.17. The minimum Gasteiger partial charge on any atom is -0.493 e. The first-order valence-corrected chi connectivity index (χ1v) is 7.31. The van der Waals surface area contributed by atoms with E-state index < -0.39 is 0 Å². The highest BCUT2D eigenvalue weighted by molar-refractivity contribution is 9.10. The fourth-order valence-corrected chi connectivity index (χ4v) is 2.85. The van der Waals surface area contributed by atoms with Crippen molar-refractivity contribution in [2.45, 2.75) is 13.0 Å². The van der Waals surface area contributed by atoms with Gasteiger partial charge < -0.3 is 20.5 Å². The van der Waals surface area contributed by atoms with E-state index in [0.29, 0.717) is 18.2 Å². The largest absolute Gasteiger partial charge is 0.493 e. The molecular weight excluding hydrogens is 336 g/mol. The SMILES string of the molecule is COc1cc(NCc2cc(Br)cc3c2OCC3)nc(N)n1. The highest BCUT2D eigenvalue weighted by Crippen LogP contribution is 2.33. The van der Waals surface area contributed by atoms with Gasteiger partial charge in [-0.05, 0) is 17.7 Å². The third-order valence-electron chi connectivity index (χ3n) is 3.21. The van der Waals surface area contributed by atoms with E-state index in [4.69, 9.17) is 15.2 Å². The number of halogens is 1. The van der Waals surface area contributed by atoms with Crippen molar-refractivity contribution in [3.63, 3.8) is 0 Å². The summed E-state index contributed by atoms with van der Waals surface area (Å²) in [5.74, 6) is 2.18. The fraction of sp³-hybridized carbons (Fsp3) is 0.286. The van der Waals surface area contributed by atoms with Gasteiger partial charge in [-0.2, -0.15) is 9.97 Å². The van der Waals surface area contributed by atoms with Crippen LogP contribution in [-0.2, 0) is 13.0 Å². The van der Waals surface area contributed by atoms with Gasteiger partial charge in [0.15, 0.2) is 0 Å². The number of nitrogen functional groups attached to an aromatic ring is 1. The maximum Gasteiger partial charge on any atom is 0.225 e. The highest BCUT2D eigenvalue weighted by atomic mass is 79.9. The summed E-state index contributed by atoms with van der Waals surface area (Å²) in [6.07, 6.45) is 0.941. The second kappa shape index (κ2) is 5.77. The zero-order valence-electron chi connectivity index (χ0n) is 11.5. The number of methoxy groups -OCH3 is 1.